The van der Waals surface area contributed by atoms with Gasteiger partial charge in [-0.2, -0.15) is 0 Å². The Morgan fingerprint density at radius 2 is 1.45 bits per heavy atom. The standard InChI is InChI=1S/C20H22N10O12P2/c21-15-9-17(25-3-23-15)29(5-27-9)19-11(31)13-7(39-19)1-37-43(33,34)42-14-8(2-38-44(35,36)41-13)40-20(12(14)32)30-6-28-10-16(22)24-4-26-18(10)30/h3-8,11,13-14,19,31-32H,1-2H2,(H,33,34)(H,35,36)(H2,21,23,25)(H2,22,24,26)/t7-,8-,11?,13?,14?,19+/m0/s1. The first kappa shape index (κ1) is 28.9. The number of hydrogen-bond acceptors (Lipinski definition) is 18. The van der Waals surface area contributed by atoms with E-state index in [1.54, 1.807) is 0 Å². The molecule has 44 heavy (non-hydrogen) atoms. The summed E-state index contributed by atoms with van der Waals surface area (Å²) in [6, 6.07) is 0. The molecule has 2 fully saturated rings. The van der Waals surface area contributed by atoms with Crippen LogP contribution in [0.2, 0.25) is 0 Å². The molecule has 0 aliphatic carbocycles. The Kier molecular flexibility index (Phi) is 6.82. The van der Waals surface area contributed by atoms with Gasteiger partial charge in [0.2, 0.25) is 5.88 Å². The third-order valence-corrected chi connectivity index (χ3v) is 8.90. The molecule has 4 aromatic heterocycles. The zero-order valence-electron chi connectivity index (χ0n) is 21.9. The summed E-state index contributed by atoms with van der Waals surface area (Å²) in [6.07, 6.45) is -4.62. The van der Waals surface area contributed by atoms with E-state index in [1.165, 1.54) is 17.2 Å². The van der Waals surface area contributed by atoms with E-state index in [9.17, 15) is 29.1 Å². The number of imidazole rings is 2. The van der Waals surface area contributed by atoms with E-state index in [1.807, 2.05) is 0 Å². The molecular weight excluding hydrogens is 634 g/mol. The first-order chi connectivity index (χ1) is 20.9. The molecule has 22 nitrogen and oxygen atoms in total. The zero-order valence-corrected chi connectivity index (χ0v) is 23.7. The lowest BCUT2D eigenvalue weighted by molar-refractivity contribution is -0.0585. The highest BCUT2D eigenvalue weighted by Crippen LogP contribution is 2.53. The summed E-state index contributed by atoms with van der Waals surface area (Å²) in [7, 11) is -10.1. The molecule has 3 aliphatic heterocycles. The first-order valence-electron chi connectivity index (χ1n) is 12.5. The summed E-state index contributed by atoms with van der Waals surface area (Å²) >= 11 is 0. The van der Waals surface area contributed by atoms with Crippen molar-refractivity contribution >= 4 is 55.5 Å². The molecule has 0 saturated carbocycles. The Morgan fingerprint density at radius 1 is 0.841 bits per heavy atom. The highest BCUT2D eigenvalue weighted by molar-refractivity contribution is 7.47. The van der Waals surface area contributed by atoms with Crippen molar-refractivity contribution in [2.45, 2.75) is 36.7 Å². The largest absolute Gasteiger partial charge is 0.505 e. The summed E-state index contributed by atoms with van der Waals surface area (Å²) in [5.74, 6) is -1.01. The quantitative estimate of drug-likeness (QED) is 0.144. The van der Waals surface area contributed by atoms with Crippen LogP contribution in [0.3, 0.4) is 0 Å². The number of aliphatic hydroxyl groups excluding tert-OH is 2. The number of fused-ring (bicyclic) bond motifs is 4. The van der Waals surface area contributed by atoms with Gasteiger partial charge in [-0.1, -0.05) is 0 Å². The number of phosphoric acid groups is 2. The summed E-state index contributed by atoms with van der Waals surface area (Å²) in [5.41, 5.74) is 12.2. The average molecular weight is 656 g/mol. The maximum absolute atomic E-state index is 13.1. The lowest BCUT2D eigenvalue weighted by Gasteiger charge is -2.27. The molecule has 8 N–H and O–H groups in total. The monoisotopic (exact) mass is 656 g/mol. The van der Waals surface area contributed by atoms with Crippen LogP contribution < -0.4 is 11.5 Å². The van der Waals surface area contributed by atoms with Gasteiger partial charge in [-0.25, -0.2) is 43.6 Å². The first-order valence-corrected chi connectivity index (χ1v) is 15.5. The molecule has 5 unspecified atom stereocenters. The zero-order chi connectivity index (χ0) is 31.0. The minimum atomic E-state index is -5.04. The van der Waals surface area contributed by atoms with Crippen LogP contribution in [-0.2, 0) is 36.7 Å². The molecule has 7 heterocycles. The second kappa shape index (κ2) is 10.4. The minimum Gasteiger partial charge on any atom is -0.505 e. The number of aliphatic hydroxyl groups is 2. The van der Waals surface area contributed by atoms with Crippen molar-refractivity contribution in [1.29, 1.82) is 0 Å². The Bertz CT molecular complexity index is 1900. The van der Waals surface area contributed by atoms with Crippen molar-refractivity contribution in [3.63, 3.8) is 0 Å². The van der Waals surface area contributed by atoms with Crippen molar-refractivity contribution in [3.8, 4) is 0 Å². The average Bonchev–Trinajstić information content (AvgIpc) is 3.73. The van der Waals surface area contributed by atoms with E-state index >= 15 is 0 Å². The summed E-state index contributed by atoms with van der Waals surface area (Å²) in [5, 5.41) is 22.1. The van der Waals surface area contributed by atoms with Crippen LogP contribution in [0.4, 0.5) is 11.6 Å². The molecule has 3 aliphatic rings. The lowest BCUT2D eigenvalue weighted by atomic mass is 10.1. The van der Waals surface area contributed by atoms with Crippen molar-refractivity contribution in [1.82, 2.24) is 39.0 Å². The van der Waals surface area contributed by atoms with Gasteiger partial charge in [-0.3, -0.25) is 22.7 Å². The molecule has 0 amide bonds. The van der Waals surface area contributed by atoms with Crippen LogP contribution in [-0.4, -0.2) is 103 Å². The topological polar surface area (TPSA) is 310 Å². The number of rotatable bonds is 2. The number of aromatic nitrogens is 8. The maximum Gasteiger partial charge on any atom is 0.473 e. The lowest BCUT2D eigenvalue weighted by Crippen LogP contribution is -2.37. The Hall–Kier alpha value is -3.82. The molecular formula is C20H22N10O12P2. The molecule has 24 heteroatoms. The normalized spacial score (nSPS) is 34.8. The molecule has 0 radical (unpaired) electrons. The van der Waals surface area contributed by atoms with E-state index in [0.29, 0.717) is 0 Å². The molecule has 8 atom stereocenters. The smallest absolute Gasteiger partial charge is 0.473 e. The van der Waals surface area contributed by atoms with Gasteiger partial charge in [0, 0.05) is 0 Å². The van der Waals surface area contributed by atoms with Crippen molar-refractivity contribution < 1.29 is 56.7 Å². The predicted octanol–water partition coefficient (Wildman–Crippen LogP) is -0.810. The van der Waals surface area contributed by atoms with Crippen LogP contribution in [0.5, 0.6) is 0 Å². The molecule has 234 valence electrons. The van der Waals surface area contributed by atoms with Gasteiger partial charge in [0.1, 0.15) is 42.8 Å². The number of ether oxygens (including phenoxy) is 2. The number of anilines is 2. The van der Waals surface area contributed by atoms with Gasteiger partial charge in [0.15, 0.2) is 52.6 Å². The van der Waals surface area contributed by atoms with Crippen LogP contribution in [0.25, 0.3) is 28.2 Å². The number of hydrogen-bond donors (Lipinski definition) is 6. The molecule has 0 aromatic carbocycles. The predicted molar refractivity (Wildman–Crippen MR) is 141 cm³/mol. The van der Waals surface area contributed by atoms with Gasteiger partial charge in [-0.05, 0) is 0 Å². The van der Waals surface area contributed by atoms with Gasteiger partial charge < -0.3 is 40.9 Å². The van der Waals surface area contributed by atoms with Gasteiger partial charge in [0.25, 0.3) is 0 Å². The molecule has 4 aromatic rings. The van der Waals surface area contributed by atoms with E-state index in [-0.39, 0.29) is 39.8 Å². The molecule has 7 rings (SSSR count). The van der Waals surface area contributed by atoms with Crippen LogP contribution in [0.1, 0.15) is 6.23 Å². The maximum atomic E-state index is 13.1. The minimum absolute atomic E-state index is 0.0281. The van der Waals surface area contributed by atoms with E-state index in [4.69, 9.17) is 39.0 Å². The van der Waals surface area contributed by atoms with Gasteiger partial charge in [-0.15, -0.1) is 0 Å². The fourth-order valence-corrected chi connectivity index (χ4v) is 6.83. The second-order valence-electron chi connectivity index (χ2n) is 9.66. The Balaban J connectivity index is 1.19. The molecule has 0 spiro atoms. The van der Waals surface area contributed by atoms with E-state index in [2.05, 4.69) is 29.9 Å². The number of nitrogens with two attached hydrogens (primary N) is 2. The third kappa shape index (κ3) is 4.86. The van der Waals surface area contributed by atoms with Crippen LogP contribution >= 0.6 is 15.6 Å². The summed E-state index contributed by atoms with van der Waals surface area (Å²) < 4.78 is 60.8. The van der Waals surface area contributed by atoms with Gasteiger partial charge in [0.05, 0.1) is 19.5 Å². The van der Waals surface area contributed by atoms with Crippen molar-refractivity contribution in [2.24, 2.45) is 0 Å². The molecule has 0 bridgehead atoms. The third-order valence-electron chi connectivity index (χ3n) is 6.95. The number of nitrogen functional groups attached to an aromatic ring is 2. The number of nitrogens with zero attached hydrogens (tertiary/aromatic N) is 8. The van der Waals surface area contributed by atoms with E-state index < -0.39 is 71.4 Å². The van der Waals surface area contributed by atoms with E-state index in [0.717, 1.165) is 17.2 Å². The fraction of sp³-hybridized carbons (Fsp3) is 0.400. The number of phosphoric ester groups is 2. The van der Waals surface area contributed by atoms with Crippen molar-refractivity contribution in [2.75, 3.05) is 24.7 Å². The van der Waals surface area contributed by atoms with Crippen LogP contribution in [0.15, 0.2) is 31.1 Å². The SMILES string of the molecule is Nc1ncnc2c1ncn2C1=C(O)C2OP(=O)(O)OC[C@@H]3O[C@@H](n4cnc5c(N)ncnc54)C(O)C3OP(=O)(O)OC[C@@H]2O1. The highest BCUT2D eigenvalue weighted by atomic mass is 31.2. The van der Waals surface area contributed by atoms with Crippen molar-refractivity contribution in [3.05, 3.63) is 31.1 Å². The second-order valence-corrected chi connectivity index (χ2v) is 12.5. The Labute approximate surface area is 244 Å². The highest BCUT2D eigenvalue weighted by Gasteiger charge is 2.52. The van der Waals surface area contributed by atoms with Crippen LogP contribution in [0, 0.1) is 0 Å². The Morgan fingerprint density at radius 3 is 2.18 bits per heavy atom. The molecule has 2 saturated heterocycles. The van der Waals surface area contributed by atoms with Gasteiger partial charge >= 0.3 is 15.6 Å². The summed E-state index contributed by atoms with van der Waals surface area (Å²) in [4.78, 5) is 45.1. The summed E-state index contributed by atoms with van der Waals surface area (Å²) in [6.45, 7) is -1.62. The fourth-order valence-electron chi connectivity index (χ4n) is 4.95.